The van der Waals surface area contributed by atoms with Crippen molar-refractivity contribution in [1.29, 1.82) is 0 Å². The lowest BCUT2D eigenvalue weighted by Gasteiger charge is -2.09. The minimum atomic E-state index is -0.237. The second kappa shape index (κ2) is 6.10. The molecule has 0 fully saturated rings. The molecule has 6 nitrogen and oxygen atoms in total. The summed E-state index contributed by atoms with van der Waals surface area (Å²) in [4.78, 5) is 12.1. The Morgan fingerprint density at radius 3 is 2.90 bits per heavy atom. The molecule has 0 spiro atoms. The van der Waals surface area contributed by atoms with Gasteiger partial charge in [-0.05, 0) is 31.5 Å². The van der Waals surface area contributed by atoms with E-state index < -0.39 is 0 Å². The third-order valence-corrected chi connectivity index (χ3v) is 2.91. The molecule has 2 rings (SSSR count). The van der Waals surface area contributed by atoms with Gasteiger partial charge < -0.3 is 15.8 Å². The summed E-state index contributed by atoms with van der Waals surface area (Å²) in [6.07, 6.45) is 2.49. The molecule has 1 amide bonds. The molecule has 0 aliphatic rings. The number of amides is 1. The molecule has 1 aromatic heterocycles. The minimum absolute atomic E-state index is 0.237. The predicted octanol–water partition coefficient (Wildman–Crippen LogP) is 2.21. The number of benzene rings is 1. The maximum absolute atomic E-state index is 12.1. The van der Waals surface area contributed by atoms with E-state index in [0.29, 0.717) is 29.4 Å². The fourth-order valence-electron chi connectivity index (χ4n) is 1.85. The minimum Gasteiger partial charge on any atom is -0.492 e. The van der Waals surface area contributed by atoms with Crippen LogP contribution in [0.1, 0.15) is 29.8 Å². The normalized spacial score (nSPS) is 10.3. The van der Waals surface area contributed by atoms with E-state index in [2.05, 4.69) is 15.5 Å². The Kier molecular flexibility index (Phi) is 4.24. The Hall–Kier alpha value is -2.50. The van der Waals surface area contributed by atoms with Crippen LogP contribution in [0.5, 0.6) is 5.75 Å². The maximum Gasteiger partial charge on any atom is 0.256 e. The highest BCUT2D eigenvalue weighted by molar-refractivity contribution is 6.04. The first-order valence-electron chi connectivity index (χ1n) is 6.51. The number of nitrogens with one attached hydrogen (secondary N) is 2. The van der Waals surface area contributed by atoms with Crippen LogP contribution in [0.3, 0.4) is 0 Å². The first-order chi connectivity index (χ1) is 9.65. The van der Waals surface area contributed by atoms with Crippen LogP contribution >= 0.6 is 0 Å². The Bertz CT molecular complexity index is 607. The molecule has 6 heteroatoms. The molecule has 20 heavy (non-hydrogen) atoms. The van der Waals surface area contributed by atoms with E-state index in [9.17, 15) is 4.79 Å². The summed E-state index contributed by atoms with van der Waals surface area (Å²) in [6.45, 7) is 4.41. The standard InChI is InChI=1S/C14H18N4O2/c1-3-9-8-16-18-13(9)17-14(19)10-5-6-12(20-4-2)11(15)7-10/h5-8H,3-4,15H2,1-2H3,(H2,16,17,18,19). The van der Waals surface area contributed by atoms with E-state index in [1.54, 1.807) is 24.4 Å². The van der Waals surface area contributed by atoms with Gasteiger partial charge in [-0.25, -0.2) is 0 Å². The van der Waals surface area contributed by atoms with Gasteiger partial charge >= 0.3 is 0 Å². The van der Waals surface area contributed by atoms with Gasteiger partial charge in [-0.2, -0.15) is 5.10 Å². The molecule has 0 unspecified atom stereocenters. The fourth-order valence-corrected chi connectivity index (χ4v) is 1.85. The topological polar surface area (TPSA) is 93.0 Å². The molecule has 106 valence electrons. The quantitative estimate of drug-likeness (QED) is 0.729. The average molecular weight is 274 g/mol. The molecular weight excluding hydrogens is 256 g/mol. The number of rotatable bonds is 5. The number of nitrogens with two attached hydrogens (primary N) is 1. The molecule has 0 radical (unpaired) electrons. The van der Waals surface area contributed by atoms with E-state index in [-0.39, 0.29) is 5.91 Å². The van der Waals surface area contributed by atoms with E-state index in [1.165, 1.54) is 0 Å². The molecule has 0 aliphatic heterocycles. The third-order valence-electron chi connectivity index (χ3n) is 2.91. The highest BCUT2D eigenvalue weighted by Crippen LogP contribution is 2.23. The number of aromatic nitrogens is 2. The lowest BCUT2D eigenvalue weighted by molar-refractivity contribution is 0.102. The molecule has 1 aromatic carbocycles. The zero-order valence-corrected chi connectivity index (χ0v) is 11.6. The third kappa shape index (κ3) is 2.90. The molecule has 2 aromatic rings. The van der Waals surface area contributed by atoms with E-state index in [1.807, 2.05) is 13.8 Å². The number of nitrogens with zero attached hydrogens (tertiary/aromatic N) is 1. The summed E-state index contributed by atoms with van der Waals surface area (Å²) in [5, 5.41) is 9.46. The highest BCUT2D eigenvalue weighted by atomic mass is 16.5. The molecule has 4 N–H and O–H groups in total. The van der Waals surface area contributed by atoms with Crippen LogP contribution in [0.25, 0.3) is 0 Å². The Morgan fingerprint density at radius 1 is 1.45 bits per heavy atom. The van der Waals surface area contributed by atoms with Crippen LogP contribution in [-0.2, 0) is 6.42 Å². The lowest BCUT2D eigenvalue weighted by Crippen LogP contribution is -2.14. The Morgan fingerprint density at radius 2 is 2.25 bits per heavy atom. The van der Waals surface area contributed by atoms with Gasteiger partial charge in [0.1, 0.15) is 11.6 Å². The second-order valence-electron chi connectivity index (χ2n) is 4.26. The van der Waals surface area contributed by atoms with Crippen molar-refractivity contribution in [2.24, 2.45) is 0 Å². The first-order valence-corrected chi connectivity index (χ1v) is 6.51. The average Bonchev–Trinajstić information content (AvgIpc) is 2.88. The van der Waals surface area contributed by atoms with Crippen LogP contribution in [0, 0.1) is 0 Å². The van der Waals surface area contributed by atoms with Gasteiger partial charge in [-0.15, -0.1) is 0 Å². The molecular formula is C14H18N4O2. The highest BCUT2D eigenvalue weighted by Gasteiger charge is 2.11. The van der Waals surface area contributed by atoms with Crippen molar-refractivity contribution in [2.75, 3.05) is 17.7 Å². The number of carbonyl (C=O) groups excluding carboxylic acids is 1. The smallest absolute Gasteiger partial charge is 0.256 e. The molecule has 1 heterocycles. The van der Waals surface area contributed by atoms with Gasteiger partial charge in [-0.3, -0.25) is 9.89 Å². The monoisotopic (exact) mass is 274 g/mol. The van der Waals surface area contributed by atoms with E-state index in [0.717, 1.165) is 12.0 Å². The lowest BCUT2D eigenvalue weighted by atomic mass is 10.1. The summed E-state index contributed by atoms with van der Waals surface area (Å²) < 4.78 is 5.34. The fraction of sp³-hybridized carbons (Fsp3) is 0.286. The van der Waals surface area contributed by atoms with Gasteiger partial charge in [0.15, 0.2) is 0 Å². The SMILES string of the molecule is CCOc1ccc(C(=O)Nc2[nH]ncc2CC)cc1N. The van der Waals surface area contributed by atoms with Crippen molar-refractivity contribution >= 4 is 17.4 Å². The summed E-state index contributed by atoms with van der Waals surface area (Å²) >= 11 is 0. The van der Waals surface area contributed by atoms with Gasteiger partial charge in [-0.1, -0.05) is 6.92 Å². The summed E-state index contributed by atoms with van der Waals surface area (Å²) in [7, 11) is 0. The van der Waals surface area contributed by atoms with Crippen molar-refractivity contribution < 1.29 is 9.53 Å². The summed E-state index contributed by atoms with van der Waals surface area (Å²) in [6, 6.07) is 4.97. The number of aromatic amines is 1. The maximum atomic E-state index is 12.1. The van der Waals surface area contributed by atoms with Crippen LogP contribution in [-0.4, -0.2) is 22.7 Å². The van der Waals surface area contributed by atoms with Gasteiger partial charge in [0, 0.05) is 11.1 Å². The van der Waals surface area contributed by atoms with E-state index in [4.69, 9.17) is 10.5 Å². The molecule has 0 aliphatic carbocycles. The van der Waals surface area contributed by atoms with Crippen molar-refractivity contribution in [1.82, 2.24) is 10.2 Å². The zero-order chi connectivity index (χ0) is 14.5. The number of ether oxygens (including phenoxy) is 1. The number of hydrogen-bond donors (Lipinski definition) is 3. The first kappa shape index (κ1) is 13.9. The number of anilines is 2. The molecule has 0 saturated heterocycles. The van der Waals surface area contributed by atoms with Crippen LogP contribution in [0.15, 0.2) is 24.4 Å². The van der Waals surface area contributed by atoms with Gasteiger partial charge in [0.2, 0.25) is 0 Å². The van der Waals surface area contributed by atoms with Crippen LogP contribution < -0.4 is 15.8 Å². The molecule has 0 atom stereocenters. The van der Waals surface area contributed by atoms with Gasteiger partial charge in [0.05, 0.1) is 18.5 Å². The van der Waals surface area contributed by atoms with Crippen molar-refractivity contribution in [3.63, 3.8) is 0 Å². The molecule has 0 saturated carbocycles. The number of nitrogen functional groups attached to an aromatic ring is 1. The number of aryl methyl sites for hydroxylation is 1. The number of H-pyrrole nitrogens is 1. The van der Waals surface area contributed by atoms with E-state index >= 15 is 0 Å². The number of hydrogen-bond acceptors (Lipinski definition) is 4. The van der Waals surface area contributed by atoms with Crippen molar-refractivity contribution in [3.05, 3.63) is 35.5 Å². The Balaban J connectivity index is 2.15. The second-order valence-corrected chi connectivity index (χ2v) is 4.26. The van der Waals surface area contributed by atoms with Gasteiger partial charge in [0.25, 0.3) is 5.91 Å². The predicted molar refractivity (Wildman–Crippen MR) is 77.9 cm³/mol. The van der Waals surface area contributed by atoms with Crippen LogP contribution in [0.2, 0.25) is 0 Å². The largest absolute Gasteiger partial charge is 0.492 e. The molecule has 0 bridgehead atoms. The van der Waals surface area contributed by atoms with Crippen molar-refractivity contribution in [3.8, 4) is 5.75 Å². The van der Waals surface area contributed by atoms with Crippen molar-refractivity contribution in [2.45, 2.75) is 20.3 Å². The summed E-state index contributed by atoms with van der Waals surface area (Å²) in [5.74, 6) is 0.962. The summed E-state index contributed by atoms with van der Waals surface area (Å²) in [5.41, 5.74) is 7.72. The number of carbonyl (C=O) groups is 1. The zero-order valence-electron chi connectivity index (χ0n) is 11.6. The Labute approximate surface area is 117 Å². The van der Waals surface area contributed by atoms with Crippen LogP contribution in [0.4, 0.5) is 11.5 Å².